The SMILES string of the molecule is C=C(C)CN=C(NCCCn1ccc2ccccc21)NCCn1cnnc1CC. The smallest absolute Gasteiger partial charge is 0.191 e. The van der Waals surface area contributed by atoms with Gasteiger partial charge in [0.1, 0.15) is 12.2 Å². The molecule has 2 aromatic heterocycles. The van der Waals surface area contributed by atoms with Crippen molar-refractivity contribution in [3.63, 3.8) is 0 Å². The molecular formula is C22H31N7. The molecule has 1 aromatic carbocycles. The van der Waals surface area contributed by atoms with E-state index in [1.54, 1.807) is 6.33 Å². The molecule has 0 radical (unpaired) electrons. The van der Waals surface area contributed by atoms with Crippen LogP contribution in [0, 0.1) is 0 Å². The minimum absolute atomic E-state index is 0.615. The monoisotopic (exact) mass is 393 g/mol. The molecule has 3 rings (SSSR count). The number of benzene rings is 1. The van der Waals surface area contributed by atoms with Crippen LogP contribution in [0.2, 0.25) is 0 Å². The van der Waals surface area contributed by atoms with E-state index in [-0.39, 0.29) is 0 Å². The first-order valence-electron chi connectivity index (χ1n) is 10.2. The molecule has 0 saturated carbocycles. The van der Waals surface area contributed by atoms with E-state index in [2.05, 4.69) is 85.0 Å². The molecule has 0 unspecified atom stereocenters. The fourth-order valence-corrected chi connectivity index (χ4v) is 3.21. The predicted molar refractivity (Wildman–Crippen MR) is 119 cm³/mol. The van der Waals surface area contributed by atoms with E-state index in [1.165, 1.54) is 10.9 Å². The van der Waals surface area contributed by atoms with Gasteiger partial charge in [0.15, 0.2) is 5.96 Å². The van der Waals surface area contributed by atoms with Crippen LogP contribution in [-0.2, 0) is 19.5 Å². The minimum Gasteiger partial charge on any atom is -0.356 e. The van der Waals surface area contributed by atoms with Crippen molar-refractivity contribution in [2.75, 3.05) is 19.6 Å². The Labute approximate surface area is 172 Å². The Kier molecular flexibility index (Phi) is 7.44. The molecule has 0 aliphatic rings. The second kappa shape index (κ2) is 10.5. The number of hydrogen-bond donors (Lipinski definition) is 2. The summed E-state index contributed by atoms with van der Waals surface area (Å²) < 4.78 is 4.37. The summed E-state index contributed by atoms with van der Waals surface area (Å²) in [6.07, 6.45) is 5.82. The van der Waals surface area contributed by atoms with Gasteiger partial charge in [-0.25, -0.2) is 4.99 Å². The lowest BCUT2D eigenvalue weighted by Crippen LogP contribution is -2.39. The fourth-order valence-electron chi connectivity index (χ4n) is 3.21. The van der Waals surface area contributed by atoms with Crippen molar-refractivity contribution >= 4 is 16.9 Å². The first-order valence-corrected chi connectivity index (χ1v) is 10.2. The largest absolute Gasteiger partial charge is 0.356 e. The molecule has 2 N–H and O–H groups in total. The number of aromatic nitrogens is 4. The minimum atomic E-state index is 0.615. The summed E-state index contributed by atoms with van der Waals surface area (Å²) in [4.78, 5) is 4.62. The number of guanidine groups is 1. The molecule has 0 aliphatic heterocycles. The number of fused-ring (bicyclic) bond motifs is 1. The predicted octanol–water partition coefficient (Wildman–Crippen LogP) is 3.00. The van der Waals surface area contributed by atoms with Gasteiger partial charge in [0.05, 0.1) is 6.54 Å². The zero-order chi connectivity index (χ0) is 20.5. The number of aliphatic imine (C=N–C) groups is 1. The first-order chi connectivity index (χ1) is 14.2. The molecule has 154 valence electrons. The van der Waals surface area contributed by atoms with E-state index in [0.29, 0.717) is 6.54 Å². The summed E-state index contributed by atoms with van der Waals surface area (Å²) in [5.41, 5.74) is 2.32. The normalized spacial score (nSPS) is 11.7. The van der Waals surface area contributed by atoms with Crippen molar-refractivity contribution in [3.05, 3.63) is 60.8 Å². The second-order valence-corrected chi connectivity index (χ2v) is 7.19. The first kappa shape index (κ1) is 20.6. The third kappa shape index (κ3) is 5.94. The molecule has 0 fully saturated rings. The number of nitrogens with one attached hydrogen (secondary N) is 2. The molecule has 7 nitrogen and oxygen atoms in total. The topological polar surface area (TPSA) is 72.1 Å². The van der Waals surface area contributed by atoms with Gasteiger partial charge in [0.25, 0.3) is 0 Å². The molecule has 0 spiro atoms. The molecule has 29 heavy (non-hydrogen) atoms. The molecule has 2 heterocycles. The van der Waals surface area contributed by atoms with Crippen molar-refractivity contribution in [2.24, 2.45) is 4.99 Å². The average Bonchev–Trinajstić information content (AvgIpc) is 3.35. The van der Waals surface area contributed by atoms with E-state index in [9.17, 15) is 0 Å². The Morgan fingerprint density at radius 1 is 1.10 bits per heavy atom. The van der Waals surface area contributed by atoms with Crippen LogP contribution in [0.4, 0.5) is 0 Å². The van der Waals surface area contributed by atoms with Crippen LogP contribution in [0.15, 0.2) is 60.0 Å². The van der Waals surface area contributed by atoms with E-state index >= 15 is 0 Å². The molecule has 0 atom stereocenters. The molecule has 0 aliphatic carbocycles. The zero-order valence-corrected chi connectivity index (χ0v) is 17.4. The standard InChI is InChI=1S/C22H31N7/c1-4-21-27-26-17-29(21)15-12-24-22(25-16-18(2)3)23-11-7-13-28-14-10-19-8-5-6-9-20(19)28/h5-6,8-10,14,17H,2,4,7,11-13,15-16H2,1,3H3,(H2,23,24,25). The lowest BCUT2D eigenvalue weighted by molar-refractivity contribution is 0.617. The highest BCUT2D eigenvalue weighted by Gasteiger charge is 2.04. The summed E-state index contributed by atoms with van der Waals surface area (Å²) in [5.74, 6) is 1.82. The average molecular weight is 394 g/mol. The number of nitrogens with zero attached hydrogens (tertiary/aromatic N) is 5. The van der Waals surface area contributed by atoms with Crippen molar-refractivity contribution in [1.29, 1.82) is 0 Å². The lowest BCUT2D eigenvalue weighted by Gasteiger charge is -2.14. The van der Waals surface area contributed by atoms with Gasteiger partial charge < -0.3 is 19.8 Å². The maximum Gasteiger partial charge on any atom is 0.191 e. The van der Waals surface area contributed by atoms with Crippen LogP contribution in [0.1, 0.15) is 26.1 Å². The highest BCUT2D eigenvalue weighted by Crippen LogP contribution is 2.15. The van der Waals surface area contributed by atoms with Crippen LogP contribution >= 0.6 is 0 Å². The third-order valence-corrected chi connectivity index (χ3v) is 4.71. The quantitative estimate of drug-likeness (QED) is 0.240. The number of aryl methyl sites for hydroxylation is 2. The van der Waals surface area contributed by atoms with Gasteiger partial charge >= 0.3 is 0 Å². The van der Waals surface area contributed by atoms with Crippen LogP contribution in [-0.4, -0.2) is 44.9 Å². The van der Waals surface area contributed by atoms with Gasteiger partial charge in [-0.3, -0.25) is 0 Å². The van der Waals surface area contributed by atoms with E-state index in [4.69, 9.17) is 0 Å². The molecular weight excluding hydrogens is 362 g/mol. The van der Waals surface area contributed by atoms with E-state index in [0.717, 1.165) is 56.4 Å². The van der Waals surface area contributed by atoms with Crippen LogP contribution in [0.5, 0.6) is 0 Å². The number of para-hydroxylation sites is 1. The third-order valence-electron chi connectivity index (χ3n) is 4.71. The highest BCUT2D eigenvalue weighted by molar-refractivity contribution is 5.80. The van der Waals surface area contributed by atoms with Gasteiger partial charge in [0, 0.05) is 44.3 Å². The van der Waals surface area contributed by atoms with Gasteiger partial charge in [-0.15, -0.1) is 10.2 Å². The van der Waals surface area contributed by atoms with Crippen LogP contribution in [0.25, 0.3) is 10.9 Å². The lowest BCUT2D eigenvalue weighted by atomic mass is 10.2. The Bertz CT molecular complexity index is 951. The van der Waals surface area contributed by atoms with Crippen molar-refractivity contribution in [2.45, 2.75) is 39.8 Å². The summed E-state index contributed by atoms with van der Waals surface area (Å²) >= 11 is 0. The van der Waals surface area contributed by atoms with Gasteiger partial charge in [0.2, 0.25) is 0 Å². The molecule has 0 saturated heterocycles. The summed E-state index contributed by atoms with van der Waals surface area (Å²) in [6, 6.07) is 10.6. The van der Waals surface area contributed by atoms with Gasteiger partial charge in [-0.1, -0.05) is 37.3 Å². The highest BCUT2D eigenvalue weighted by atomic mass is 15.3. The van der Waals surface area contributed by atoms with Crippen molar-refractivity contribution in [3.8, 4) is 0 Å². The Hall–Kier alpha value is -3.09. The summed E-state index contributed by atoms with van der Waals surface area (Å²) in [7, 11) is 0. The molecule has 7 heteroatoms. The van der Waals surface area contributed by atoms with E-state index in [1.807, 2.05) is 6.92 Å². The molecule has 0 amide bonds. The van der Waals surface area contributed by atoms with Crippen LogP contribution in [0.3, 0.4) is 0 Å². The Morgan fingerprint density at radius 2 is 1.93 bits per heavy atom. The van der Waals surface area contributed by atoms with Gasteiger partial charge in [-0.2, -0.15) is 0 Å². The summed E-state index contributed by atoms with van der Waals surface area (Å²) in [5, 5.41) is 16.2. The maximum atomic E-state index is 4.62. The van der Waals surface area contributed by atoms with E-state index < -0.39 is 0 Å². The Balaban J connectivity index is 1.48. The van der Waals surface area contributed by atoms with Gasteiger partial charge in [-0.05, 0) is 30.9 Å². The number of rotatable bonds is 10. The maximum absolute atomic E-state index is 4.62. The van der Waals surface area contributed by atoms with Crippen LogP contribution < -0.4 is 10.6 Å². The number of hydrogen-bond acceptors (Lipinski definition) is 3. The van der Waals surface area contributed by atoms with Crippen molar-refractivity contribution < 1.29 is 0 Å². The van der Waals surface area contributed by atoms with Crippen molar-refractivity contribution in [1.82, 2.24) is 30.0 Å². The Morgan fingerprint density at radius 3 is 2.76 bits per heavy atom. The second-order valence-electron chi connectivity index (χ2n) is 7.19. The molecule has 3 aromatic rings. The summed E-state index contributed by atoms with van der Waals surface area (Å²) in [6.45, 7) is 12.0. The molecule has 0 bridgehead atoms. The zero-order valence-electron chi connectivity index (χ0n) is 17.4. The fraction of sp³-hybridized carbons (Fsp3) is 0.409.